The molecule has 3 nitrogen and oxygen atoms in total. The highest BCUT2D eigenvalue weighted by atomic mass is 16.7. The molecule has 1 saturated carbocycles. The lowest BCUT2D eigenvalue weighted by molar-refractivity contribution is 0.00578. The van der Waals surface area contributed by atoms with Crippen LogP contribution in [0.4, 0.5) is 5.69 Å². The van der Waals surface area contributed by atoms with Gasteiger partial charge in [-0.2, -0.15) is 0 Å². The highest BCUT2D eigenvalue weighted by Gasteiger charge is 2.52. The van der Waals surface area contributed by atoms with Gasteiger partial charge in [0.1, 0.15) is 0 Å². The highest BCUT2D eigenvalue weighted by Crippen LogP contribution is 2.37. The number of hydrogen-bond donors (Lipinski definition) is 1. The van der Waals surface area contributed by atoms with Crippen molar-refractivity contribution in [2.75, 3.05) is 5.73 Å². The molecule has 0 amide bonds. The van der Waals surface area contributed by atoms with Crippen LogP contribution in [0.3, 0.4) is 0 Å². The smallest absolute Gasteiger partial charge is 0.399 e. The first-order valence-corrected chi connectivity index (χ1v) is 7.72. The lowest BCUT2D eigenvalue weighted by Gasteiger charge is -2.32. The number of benzene rings is 1. The first kappa shape index (κ1) is 14.7. The third-order valence-electron chi connectivity index (χ3n) is 4.80. The van der Waals surface area contributed by atoms with E-state index in [0.29, 0.717) is 0 Å². The molecule has 112 valence electrons. The fourth-order valence-electron chi connectivity index (χ4n) is 2.42. The number of anilines is 1. The third-order valence-corrected chi connectivity index (χ3v) is 4.80. The Morgan fingerprint density at radius 2 is 1.76 bits per heavy atom. The second-order valence-corrected chi connectivity index (χ2v) is 7.17. The highest BCUT2D eigenvalue weighted by molar-refractivity contribution is 6.63. The maximum atomic E-state index is 6.21. The van der Waals surface area contributed by atoms with Crippen LogP contribution in [0.2, 0.25) is 0 Å². The summed E-state index contributed by atoms with van der Waals surface area (Å²) in [5.41, 5.74) is 8.31. The molecule has 2 N–H and O–H groups in total. The van der Waals surface area contributed by atoms with Gasteiger partial charge in [-0.3, -0.25) is 0 Å². The maximum absolute atomic E-state index is 6.21. The van der Waals surface area contributed by atoms with Crippen LogP contribution in [-0.2, 0) is 9.31 Å². The van der Waals surface area contributed by atoms with Crippen molar-refractivity contribution in [3.63, 3.8) is 0 Å². The predicted octanol–water partition coefficient (Wildman–Crippen LogP) is 2.99. The standard InChI is InChI=1S/C17H24BNO2/c1-16(2)17(3,4)21-18(20-16)14-10-9-13(11-15(14)19)8-7-12-5-6-12/h7-12H,5-6,19H2,1-4H3. The first-order chi connectivity index (χ1) is 9.78. The summed E-state index contributed by atoms with van der Waals surface area (Å²) in [5.74, 6) is 0.772. The molecule has 1 saturated heterocycles. The number of nitrogens with two attached hydrogens (primary N) is 1. The van der Waals surface area contributed by atoms with Gasteiger partial charge < -0.3 is 15.0 Å². The van der Waals surface area contributed by atoms with Crippen molar-refractivity contribution in [2.45, 2.75) is 51.7 Å². The van der Waals surface area contributed by atoms with Crippen LogP contribution >= 0.6 is 0 Å². The second-order valence-electron chi connectivity index (χ2n) is 7.17. The van der Waals surface area contributed by atoms with E-state index in [2.05, 4.69) is 45.9 Å². The Labute approximate surface area is 127 Å². The van der Waals surface area contributed by atoms with Crippen LogP contribution in [0.25, 0.3) is 6.08 Å². The topological polar surface area (TPSA) is 44.5 Å². The Hall–Kier alpha value is -1.26. The van der Waals surface area contributed by atoms with E-state index >= 15 is 0 Å². The molecule has 0 atom stereocenters. The molecule has 21 heavy (non-hydrogen) atoms. The minimum absolute atomic E-state index is 0.339. The average molecular weight is 285 g/mol. The average Bonchev–Trinajstić information content (AvgIpc) is 3.15. The van der Waals surface area contributed by atoms with Crippen molar-refractivity contribution < 1.29 is 9.31 Å². The van der Waals surface area contributed by atoms with Crippen molar-refractivity contribution in [2.24, 2.45) is 5.92 Å². The SMILES string of the molecule is CC1(C)OB(c2ccc(C=CC3CC3)cc2N)OC1(C)C. The Balaban J connectivity index is 1.80. The quantitative estimate of drug-likeness (QED) is 0.686. The summed E-state index contributed by atoms with van der Waals surface area (Å²) in [7, 11) is -0.392. The molecule has 2 fully saturated rings. The molecule has 3 rings (SSSR count). The minimum Gasteiger partial charge on any atom is -0.399 e. The van der Waals surface area contributed by atoms with Gasteiger partial charge in [0.05, 0.1) is 11.2 Å². The molecule has 2 aliphatic rings. The Morgan fingerprint density at radius 1 is 1.14 bits per heavy atom. The summed E-state index contributed by atoms with van der Waals surface area (Å²) in [5, 5.41) is 0. The summed E-state index contributed by atoms with van der Waals surface area (Å²) in [6.07, 6.45) is 7.06. The van der Waals surface area contributed by atoms with Crippen LogP contribution in [0.5, 0.6) is 0 Å². The van der Waals surface area contributed by atoms with Gasteiger partial charge in [-0.05, 0) is 58.1 Å². The molecule has 1 aliphatic carbocycles. The van der Waals surface area contributed by atoms with Crippen molar-refractivity contribution >= 4 is 24.3 Å². The molecule has 0 unspecified atom stereocenters. The molecule has 1 heterocycles. The van der Waals surface area contributed by atoms with Gasteiger partial charge in [-0.25, -0.2) is 0 Å². The van der Waals surface area contributed by atoms with Gasteiger partial charge in [-0.1, -0.05) is 24.3 Å². The van der Waals surface area contributed by atoms with Gasteiger partial charge >= 0.3 is 7.12 Å². The molecule has 1 aliphatic heterocycles. The lowest BCUT2D eigenvalue weighted by Crippen LogP contribution is -2.41. The lowest BCUT2D eigenvalue weighted by atomic mass is 9.77. The fourth-order valence-corrected chi connectivity index (χ4v) is 2.42. The van der Waals surface area contributed by atoms with E-state index in [-0.39, 0.29) is 11.2 Å². The molecule has 0 aromatic heterocycles. The largest absolute Gasteiger partial charge is 0.496 e. The van der Waals surface area contributed by atoms with Crippen LogP contribution < -0.4 is 11.2 Å². The number of hydrogen-bond acceptors (Lipinski definition) is 3. The van der Waals surface area contributed by atoms with Crippen molar-refractivity contribution in [1.82, 2.24) is 0 Å². The molecule has 0 spiro atoms. The third kappa shape index (κ3) is 2.88. The zero-order valence-electron chi connectivity index (χ0n) is 13.3. The number of allylic oxidation sites excluding steroid dienone is 1. The van der Waals surface area contributed by atoms with Crippen LogP contribution in [-0.4, -0.2) is 18.3 Å². The second kappa shape index (κ2) is 4.89. The van der Waals surface area contributed by atoms with Gasteiger partial charge in [-0.15, -0.1) is 0 Å². The van der Waals surface area contributed by atoms with E-state index in [1.54, 1.807) is 0 Å². The summed E-state index contributed by atoms with van der Waals surface area (Å²) in [4.78, 5) is 0. The maximum Gasteiger partial charge on any atom is 0.496 e. The summed E-state index contributed by atoms with van der Waals surface area (Å²) < 4.78 is 12.1. The Bertz CT molecular complexity index is 560. The minimum atomic E-state index is -0.392. The number of nitrogen functional groups attached to an aromatic ring is 1. The summed E-state index contributed by atoms with van der Waals surface area (Å²) in [6, 6.07) is 6.10. The fraction of sp³-hybridized carbons (Fsp3) is 0.529. The normalized spacial score (nSPS) is 23.9. The van der Waals surface area contributed by atoms with Crippen LogP contribution in [0, 0.1) is 5.92 Å². The molecular formula is C17H24BNO2. The van der Waals surface area contributed by atoms with E-state index < -0.39 is 7.12 Å². The van der Waals surface area contributed by atoms with Crippen LogP contribution in [0.15, 0.2) is 24.3 Å². The van der Waals surface area contributed by atoms with E-state index in [4.69, 9.17) is 15.0 Å². The van der Waals surface area contributed by atoms with Crippen molar-refractivity contribution in [3.8, 4) is 0 Å². The predicted molar refractivity (Wildman–Crippen MR) is 88.3 cm³/mol. The monoisotopic (exact) mass is 285 g/mol. The molecular weight excluding hydrogens is 261 g/mol. The molecule has 1 aromatic carbocycles. The molecule has 0 radical (unpaired) electrons. The summed E-state index contributed by atoms with van der Waals surface area (Å²) in [6.45, 7) is 8.21. The van der Waals surface area contributed by atoms with E-state index in [0.717, 1.165) is 22.6 Å². The van der Waals surface area contributed by atoms with Crippen molar-refractivity contribution in [1.29, 1.82) is 0 Å². The first-order valence-electron chi connectivity index (χ1n) is 7.72. The zero-order chi connectivity index (χ0) is 15.3. The molecule has 1 aromatic rings. The van der Waals surface area contributed by atoms with Crippen LogP contribution in [0.1, 0.15) is 46.1 Å². The van der Waals surface area contributed by atoms with E-state index in [9.17, 15) is 0 Å². The van der Waals surface area contributed by atoms with Crippen molar-refractivity contribution in [3.05, 3.63) is 29.8 Å². The summed E-state index contributed by atoms with van der Waals surface area (Å²) >= 11 is 0. The Morgan fingerprint density at radius 3 is 2.29 bits per heavy atom. The zero-order valence-corrected chi connectivity index (χ0v) is 13.3. The molecule has 0 bridgehead atoms. The molecule has 4 heteroatoms. The van der Waals surface area contributed by atoms with Gasteiger partial charge in [0.15, 0.2) is 0 Å². The number of rotatable bonds is 3. The van der Waals surface area contributed by atoms with Gasteiger partial charge in [0.2, 0.25) is 0 Å². The van der Waals surface area contributed by atoms with Gasteiger partial charge in [0.25, 0.3) is 0 Å². The van der Waals surface area contributed by atoms with E-state index in [1.165, 1.54) is 12.8 Å². The van der Waals surface area contributed by atoms with E-state index in [1.807, 2.05) is 12.1 Å². The Kier molecular flexibility index (Phi) is 3.42. The van der Waals surface area contributed by atoms with Gasteiger partial charge in [0, 0.05) is 11.2 Å².